The maximum Gasteiger partial charge on any atom is 0.273 e. The summed E-state index contributed by atoms with van der Waals surface area (Å²) < 4.78 is 0.748. The highest BCUT2D eigenvalue weighted by molar-refractivity contribution is 9.10. The van der Waals surface area contributed by atoms with Crippen molar-refractivity contribution in [1.82, 2.24) is 0 Å². The molecule has 19 heavy (non-hydrogen) atoms. The van der Waals surface area contributed by atoms with Gasteiger partial charge in [0.2, 0.25) is 0 Å². The van der Waals surface area contributed by atoms with Gasteiger partial charge in [0.15, 0.2) is 0 Å². The molecule has 1 aromatic carbocycles. The van der Waals surface area contributed by atoms with Crippen LogP contribution in [0.25, 0.3) is 0 Å². The van der Waals surface area contributed by atoms with Gasteiger partial charge in [-0.05, 0) is 28.9 Å². The predicted octanol–water partition coefficient (Wildman–Crippen LogP) is 3.93. The first-order valence-corrected chi connectivity index (χ1v) is 8.95. The van der Waals surface area contributed by atoms with Gasteiger partial charge in [-0.25, -0.2) is 0 Å². The number of nitrogens with one attached hydrogen (secondary N) is 1. The highest BCUT2D eigenvalue weighted by atomic mass is 79.9. The third-order valence-electron chi connectivity index (χ3n) is 2.89. The summed E-state index contributed by atoms with van der Waals surface area (Å²) in [6.45, 7) is 2.66. The summed E-state index contributed by atoms with van der Waals surface area (Å²) in [5, 5.41) is 14.8. The second-order valence-electron chi connectivity index (χ2n) is 4.32. The quantitative estimate of drug-likeness (QED) is 0.649. The number of halogens is 1. The van der Waals surface area contributed by atoms with E-state index in [1.807, 2.05) is 29.6 Å². The van der Waals surface area contributed by atoms with E-state index in [1.54, 1.807) is 13.0 Å². The molecule has 4 nitrogen and oxygen atoms in total. The molecule has 7 heteroatoms. The molecule has 0 radical (unpaired) electrons. The van der Waals surface area contributed by atoms with E-state index in [0.29, 0.717) is 10.8 Å². The van der Waals surface area contributed by atoms with Crippen LogP contribution in [0, 0.1) is 17.0 Å². The van der Waals surface area contributed by atoms with Crippen LogP contribution in [0.2, 0.25) is 0 Å². The van der Waals surface area contributed by atoms with Gasteiger partial charge < -0.3 is 5.32 Å². The number of nitrogens with zero attached hydrogens (tertiary/aromatic N) is 1. The van der Waals surface area contributed by atoms with Crippen LogP contribution in [0.4, 0.5) is 11.4 Å². The average Bonchev–Trinajstić information content (AvgIpc) is 2.40. The standard InChI is InChI=1S/C12H15BrN2O2S2/c1-8-4-11(10(13)5-12(8)15(16)17)14-6-9-7-18-2-3-19-9/h4-5,9,14H,2-3,6-7H2,1H3. The Morgan fingerprint density at radius 2 is 2.32 bits per heavy atom. The summed E-state index contributed by atoms with van der Waals surface area (Å²) in [5.41, 5.74) is 1.76. The number of benzene rings is 1. The fraction of sp³-hybridized carbons (Fsp3) is 0.500. The number of hydrogen-bond acceptors (Lipinski definition) is 5. The maximum atomic E-state index is 10.8. The molecule has 0 aliphatic carbocycles. The molecule has 0 saturated carbocycles. The second kappa shape index (κ2) is 6.85. The molecule has 1 unspecified atom stereocenters. The third-order valence-corrected chi connectivity index (χ3v) is 6.39. The first-order valence-electron chi connectivity index (χ1n) is 5.95. The van der Waals surface area contributed by atoms with Crippen LogP contribution in [-0.4, -0.2) is 34.0 Å². The lowest BCUT2D eigenvalue weighted by atomic mass is 10.2. The SMILES string of the molecule is Cc1cc(NCC2CSCCS2)c(Br)cc1[N+](=O)[O-]. The summed E-state index contributed by atoms with van der Waals surface area (Å²) in [5.74, 6) is 3.61. The molecule has 1 aliphatic heterocycles. The van der Waals surface area contributed by atoms with Crippen molar-refractivity contribution in [2.75, 3.05) is 29.1 Å². The van der Waals surface area contributed by atoms with E-state index in [2.05, 4.69) is 21.2 Å². The Morgan fingerprint density at radius 3 is 2.95 bits per heavy atom. The van der Waals surface area contributed by atoms with Gasteiger partial charge in [-0.3, -0.25) is 10.1 Å². The van der Waals surface area contributed by atoms with Crippen LogP contribution in [0.5, 0.6) is 0 Å². The molecule has 0 spiro atoms. The Hall–Kier alpha value is -0.400. The zero-order chi connectivity index (χ0) is 13.8. The lowest BCUT2D eigenvalue weighted by Gasteiger charge is -2.22. The summed E-state index contributed by atoms with van der Waals surface area (Å²) >= 11 is 7.38. The fourth-order valence-electron chi connectivity index (χ4n) is 1.88. The molecule has 1 N–H and O–H groups in total. The minimum Gasteiger partial charge on any atom is -0.383 e. The van der Waals surface area contributed by atoms with Crippen molar-refractivity contribution in [2.24, 2.45) is 0 Å². The molecule has 104 valence electrons. The van der Waals surface area contributed by atoms with E-state index in [9.17, 15) is 10.1 Å². The van der Waals surface area contributed by atoms with Crippen molar-refractivity contribution in [3.63, 3.8) is 0 Å². The number of nitro groups is 1. The molecule has 0 bridgehead atoms. The summed E-state index contributed by atoms with van der Waals surface area (Å²) in [4.78, 5) is 10.5. The van der Waals surface area contributed by atoms with Crippen molar-refractivity contribution < 1.29 is 4.92 Å². The molecule has 1 atom stereocenters. The first kappa shape index (κ1) is 15.0. The number of rotatable bonds is 4. The molecule has 1 heterocycles. The Bertz CT molecular complexity index is 479. The van der Waals surface area contributed by atoms with Gasteiger partial charge in [0.05, 0.1) is 4.92 Å². The van der Waals surface area contributed by atoms with Crippen molar-refractivity contribution in [3.05, 3.63) is 32.3 Å². The van der Waals surface area contributed by atoms with Crippen molar-refractivity contribution in [1.29, 1.82) is 0 Å². The molecule has 1 aliphatic rings. The molecule has 0 amide bonds. The van der Waals surface area contributed by atoms with Crippen LogP contribution in [0.1, 0.15) is 5.56 Å². The van der Waals surface area contributed by atoms with Gasteiger partial charge >= 0.3 is 0 Å². The average molecular weight is 363 g/mol. The van der Waals surface area contributed by atoms with Gasteiger partial charge in [-0.15, -0.1) is 0 Å². The Balaban J connectivity index is 2.04. The second-order valence-corrected chi connectivity index (χ2v) is 7.74. The molecule has 1 saturated heterocycles. The van der Waals surface area contributed by atoms with Crippen LogP contribution < -0.4 is 5.32 Å². The summed E-state index contributed by atoms with van der Waals surface area (Å²) in [6.07, 6.45) is 0. The van der Waals surface area contributed by atoms with E-state index in [-0.39, 0.29) is 10.6 Å². The Kier molecular flexibility index (Phi) is 5.41. The number of aryl methyl sites for hydroxylation is 1. The summed E-state index contributed by atoms with van der Waals surface area (Å²) in [6, 6.07) is 3.41. The zero-order valence-corrected chi connectivity index (χ0v) is 13.7. The van der Waals surface area contributed by atoms with Crippen molar-refractivity contribution >= 4 is 50.8 Å². The number of thioether (sulfide) groups is 2. The van der Waals surface area contributed by atoms with Crippen LogP contribution in [-0.2, 0) is 0 Å². The number of hydrogen-bond donors (Lipinski definition) is 1. The van der Waals surface area contributed by atoms with E-state index in [1.165, 1.54) is 17.3 Å². The van der Waals surface area contributed by atoms with Gasteiger partial charge in [-0.2, -0.15) is 23.5 Å². The first-order chi connectivity index (χ1) is 9.08. The predicted molar refractivity (Wildman–Crippen MR) is 87.6 cm³/mol. The monoisotopic (exact) mass is 362 g/mol. The summed E-state index contributed by atoms with van der Waals surface area (Å²) in [7, 11) is 0. The Labute approximate surface area is 129 Å². The maximum absolute atomic E-state index is 10.8. The largest absolute Gasteiger partial charge is 0.383 e. The topological polar surface area (TPSA) is 55.2 Å². The molecule has 2 rings (SSSR count). The normalized spacial score (nSPS) is 19.2. The third kappa shape index (κ3) is 4.03. The van der Waals surface area contributed by atoms with E-state index < -0.39 is 0 Å². The van der Waals surface area contributed by atoms with Crippen molar-refractivity contribution in [3.8, 4) is 0 Å². The number of nitro benzene ring substituents is 1. The molecule has 0 aromatic heterocycles. The van der Waals surface area contributed by atoms with Crippen LogP contribution in [0.3, 0.4) is 0 Å². The van der Waals surface area contributed by atoms with E-state index >= 15 is 0 Å². The lowest BCUT2D eigenvalue weighted by Crippen LogP contribution is -2.23. The van der Waals surface area contributed by atoms with Crippen LogP contribution in [0.15, 0.2) is 16.6 Å². The lowest BCUT2D eigenvalue weighted by molar-refractivity contribution is -0.385. The molecule has 1 fully saturated rings. The van der Waals surface area contributed by atoms with Crippen molar-refractivity contribution in [2.45, 2.75) is 12.2 Å². The highest BCUT2D eigenvalue weighted by Crippen LogP contribution is 2.31. The zero-order valence-electron chi connectivity index (χ0n) is 10.5. The fourth-order valence-corrected chi connectivity index (χ4v) is 4.96. The Morgan fingerprint density at radius 1 is 1.53 bits per heavy atom. The molecule has 1 aromatic rings. The smallest absolute Gasteiger partial charge is 0.273 e. The van der Waals surface area contributed by atoms with Gasteiger partial charge in [-0.1, -0.05) is 0 Å². The van der Waals surface area contributed by atoms with Gasteiger partial charge in [0, 0.05) is 50.8 Å². The van der Waals surface area contributed by atoms with Gasteiger partial charge in [0.25, 0.3) is 5.69 Å². The minimum atomic E-state index is -0.350. The highest BCUT2D eigenvalue weighted by Gasteiger charge is 2.17. The van der Waals surface area contributed by atoms with Gasteiger partial charge in [0.1, 0.15) is 0 Å². The van der Waals surface area contributed by atoms with E-state index in [4.69, 9.17) is 0 Å². The molecular weight excluding hydrogens is 348 g/mol. The van der Waals surface area contributed by atoms with Crippen LogP contribution >= 0.6 is 39.5 Å². The molecular formula is C12H15BrN2O2S2. The number of anilines is 1. The minimum absolute atomic E-state index is 0.153. The van der Waals surface area contributed by atoms with E-state index in [0.717, 1.165) is 16.7 Å².